The van der Waals surface area contributed by atoms with E-state index in [-0.39, 0.29) is 23.9 Å². The Kier molecular flexibility index (Phi) is 7.56. The number of ether oxygens (including phenoxy) is 1. The zero-order valence-electron chi connectivity index (χ0n) is 20.5. The van der Waals surface area contributed by atoms with Gasteiger partial charge in [0, 0.05) is 62.1 Å². The molecule has 6 heteroatoms. The van der Waals surface area contributed by atoms with Crippen LogP contribution in [0.5, 0.6) is 0 Å². The fourth-order valence-corrected chi connectivity index (χ4v) is 6.65. The van der Waals surface area contributed by atoms with Gasteiger partial charge in [-0.3, -0.25) is 9.69 Å². The molecule has 2 fully saturated rings. The van der Waals surface area contributed by atoms with Crippen molar-refractivity contribution >= 4 is 27.6 Å². The molecule has 1 aliphatic heterocycles. The number of halogens is 1. The average Bonchev–Trinajstić information content (AvgIpc) is 2.77. The third-order valence-electron chi connectivity index (χ3n) is 8.44. The number of hydrogen-bond donors (Lipinski definition) is 1. The van der Waals surface area contributed by atoms with Gasteiger partial charge in [0.15, 0.2) is 0 Å². The summed E-state index contributed by atoms with van der Waals surface area (Å²) in [6.07, 6.45) is 4.64. The molecule has 0 bridgehead atoms. The predicted octanol–water partition coefficient (Wildman–Crippen LogP) is 4.88. The van der Waals surface area contributed by atoms with Gasteiger partial charge in [-0.1, -0.05) is 35.9 Å². The van der Waals surface area contributed by atoms with E-state index in [9.17, 15) is 9.90 Å². The van der Waals surface area contributed by atoms with Crippen molar-refractivity contribution in [1.29, 1.82) is 0 Å². The van der Waals surface area contributed by atoms with Gasteiger partial charge >= 0.3 is 5.97 Å². The quantitative estimate of drug-likeness (QED) is 0.444. The van der Waals surface area contributed by atoms with Gasteiger partial charge in [0.05, 0.1) is 5.60 Å². The van der Waals surface area contributed by atoms with Crippen molar-refractivity contribution in [2.24, 2.45) is 23.7 Å². The first-order valence-electron chi connectivity index (χ1n) is 12.5. The van der Waals surface area contributed by atoms with Gasteiger partial charge in [-0.05, 0) is 67.4 Å². The number of esters is 1. The van der Waals surface area contributed by atoms with Crippen LogP contribution in [0.2, 0.25) is 0 Å². The summed E-state index contributed by atoms with van der Waals surface area (Å²) in [5, 5.41) is 11.8. The fraction of sp³-hybridized carbons (Fsp3) is 0.667. The number of piperazine rings is 1. The molecule has 0 aromatic heterocycles. The van der Waals surface area contributed by atoms with E-state index in [2.05, 4.69) is 76.8 Å². The maximum absolute atomic E-state index is 11.8. The highest BCUT2D eigenvalue weighted by molar-refractivity contribution is 9.10. The zero-order chi connectivity index (χ0) is 23.8. The van der Waals surface area contributed by atoms with E-state index in [4.69, 9.17) is 4.74 Å². The normalized spacial score (nSPS) is 33.8. The van der Waals surface area contributed by atoms with Crippen LogP contribution in [-0.2, 0) is 9.53 Å². The molecule has 5 nitrogen and oxygen atoms in total. The van der Waals surface area contributed by atoms with E-state index in [0.29, 0.717) is 18.3 Å². The minimum atomic E-state index is -0.795. The number of carbonyl (C=O) groups is 1. The molecule has 4 rings (SSSR count). The zero-order valence-corrected chi connectivity index (χ0v) is 22.1. The molecule has 33 heavy (non-hydrogen) atoms. The lowest BCUT2D eigenvalue weighted by Gasteiger charge is -2.53. The molecule has 0 amide bonds. The highest BCUT2D eigenvalue weighted by Crippen LogP contribution is 2.51. The number of rotatable bonds is 5. The Balaban J connectivity index is 1.40. The van der Waals surface area contributed by atoms with Crippen LogP contribution in [0.15, 0.2) is 40.4 Å². The molecule has 1 aromatic carbocycles. The summed E-state index contributed by atoms with van der Waals surface area (Å²) in [5.74, 6) is 1.02. The second kappa shape index (κ2) is 10.1. The molecule has 1 saturated heterocycles. The summed E-state index contributed by atoms with van der Waals surface area (Å²) in [4.78, 5) is 16.6. The lowest BCUT2D eigenvalue weighted by molar-refractivity contribution is -0.159. The Morgan fingerprint density at radius 3 is 2.52 bits per heavy atom. The van der Waals surface area contributed by atoms with Gasteiger partial charge in [0.2, 0.25) is 0 Å². The minimum Gasteiger partial charge on any atom is -0.458 e. The van der Waals surface area contributed by atoms with E-state index in [0.717, 1.165) is 55.6 Å². The molecule has 1 unspecified atom stereocenters. The highest BCUT2D eigenvalue weighted by Gasteiger charge is 2.52. The maximum atomic E-state index is 11.8. The molecular weight excluding hydrogens is 480 g/mol. The number of carbonyl (C=O) groups excluding carboxylic acids is 1. The smallest absolute Gasteiger partial charge is 0.303 e. The maximum Gasteiger partial charge on any atom is 0.303 e. The van der Waals surface area contributed by atoms with Crippen LogP contribution in [0.25, 0.3) is 0 Å². The van der Waals surface area contributed by atoms with E-state index in [1.165, 1.54) is 12.6 Å². The van der Waals surface area contributed by atoms with E-state index in [1.807, 2.05) is 0 Å². The molecule has 0 radical (unpaired) electrons. The summed E-state index contributed by atoms with van der Waals surface area (Å²) in [6.45, 7) is 13.3. The number of benzene rings is 1. The molecule has 1 heterocycles. The standard InChI is InChI=1S/C27H39BrN2O3/c1-18-15-25-24(10-5-20(3)27(25,32)16-26(18)33-21(4)31)19(2)17-29-11-13-30(14-12-29)23-8-6-22(28)7-9-23/h6-9,15,19-20,24-26,32H,5,10-14,16-17H2,1-4H3/t19?,20-,24+,25-,26-,27-/m1/s1. The van der Waals surface area contributed by atoms with Crippen LogP contribution in [-0.4, -0.2) is 60.4 Å². The first-order chi connectivity index (χ1) is 15.7. The van der Waals surface area contributed by atoms with E-state index < -0.39 is 5.60 Å². The van der Waals surface area contributed by atoms with Gasteiger partial charge in [0.25, 0.3) is 0 Å². The van der Waals surface area contributed by atoms with Crippen LogP contribution in [0.1, 0.15) is 47.0 Å². The monoisotopic (exact) mass is 518 g/mol. The second-order valence-corrected chi connectivity index (χ2v) is 11.5. The summed E-state index contributed by atoms with van der Waals surface area (Å²) in [5.41, 5.74) is 1.59. The first kappa shape index (κ1) is 24.7. The van der Waals surface area contributed by atoms with Crippen molar-refractivity contribution in [3.05, 3.63) is 40.4 Å². The van der Waals surface area contributed by atoms with E-state index in [1.54, 1.807) is 0 Å². The van der Waals surface area contributed by atoms with Gasteiger partial charge in [0.1, 0.15) is 6.10 Å². The first-order valence-corrected chi connectivity index (χ1v) is 13.3. The Labute approximate surface area is 207 Å². The number of fused-ring (bicyclic) bond motifs is 1. The summed E-state index contributed by atoms with van der Waals surface area (Å²) < 4.78 is 6.67. The number of nitrogens with zero attached hydrogens (tertiary/aromatic N) is 2. The van der Waals surface area contributed by atoms with Crippen molar-refractivity contribution in [2.45, 2.75) is 58.7 Å². The van der Waals surface area contributed by atoms with Crippen molar-refractivity contribution in [2.75, 3.05) is 37.6 Å². The van der Waals surface area contributed by atoms with Crippen LogP contribution in [0, 0.1) is 23.7 Å². The molecule has 0 spiro atoms. The molecule has 3 aliphatic rings. The Hall–Kier alpha value is -1.37. The van der Waals surface area contributed by atoms with Crippen molar-refractivity contribution in [3.63, 3.8) is 0 Å². The van der Waals surface area contributed by atoms with E-state index >= 15 is 0 Å². The van der Waals surface area contributed by atoms with Crippen LogP contribution in [0.3, 0.4) is 0 Å². The lowest BCUT2D eigenvalue weighted by atomic mass is 9.57. The molecule has 1 aromatic rings. The summed E-state index contributed by atoms with van der Waals surface area (Å²) in [7, 11) is 0. The van der Waals surface area contributed by atoms with Crippen LogP contribution >= 0.6 is 15.9 Å². The highest BCUT2D eigenvalue weighted by atomic mass is 79.9. The van der Waals surface area contributed by atoms with Gasteiger partial charge in [-0.2, -0.15) is 0 Å². The minimum absolute atomic E-state index is 0.132. The molecule has 6 atom stereocenters. The predicted molar refractivity (Wildman–Crippen MR) is 136 cm³/mol. The third kappa shape index (κ3) is 5.33. The van der Waals surface area contributed by atoms with Crippen molar-refractivity contribution in [1.82, 2.24) is 4.90 Å². The molecule has 182 valence electrons. The molecule has 1 N–H and O–H groups in total. The van der Waals surface area contributed by atoms with Crippen molar-refractivity contribution in [3.8, 4) is 0 Å². The number of aliphatic hydroxyl groups is 1. The fourth-order valence-electron chi connectivity index (χ4n) is 6.38. The largest absolute Gasteiger partial charge is 0.458 e. The average molecular weight is 520 g/mol. The molecule has 1 saturated carbocycles. The Bertz CT molecular complexity index is 865. The van der Waals surface area contributed by atoms with Gasteiger partial charge in [-0.15, -0.1) is 0 Å². The van der Waals surface area contributed by atoms with Crippen LogP contribution in [0.4, 0.5) is 5.69 Å². The lowest BCUT2D eigenvalue weighted by Crippen LogP contribution is -2.56. The Morgan fingerprint density at radius 2 is 1.88 bits per heavy atom. The SMILES string of the molecule is CC(=O)O[C@@H]1C[C@@]2(O)[C@H](C)CC[C@@H](C(C)CN3CCN(c4ccc(Br)cc4)CC3)[C@H]2C=C1C. The summed E-state index contributed by atoms with van der Waals surface area (Å²) >= 11 is 3.52. The molecule has 2 aliphatic carbocycles. The third-order valence-corrected chi connectivity index (χ3v) is 8.97. The van der Waals surface area contributed by atoms with Crippen LogP contribution < -0.4 is 4.90 Å². The second-order valence-electron chi connectivity index (χ2n) is 10.6. The summed E-state index contributed by atoms with van der Waals surface area (Å²) in [6, 6.07) is 8.60. The number of hydrogen-bond acceptors (Lipinski definition) is 5. The van der Waals surface area contributed by atoms with Gasteiger partial charge < -0.3 is 14.7 Å². The topological polar surface area (TPSA) is 53.0 Å². The van der Waals surface area contributed by atoms with Gasteiger partial charge in [-0.25, -0.2) is 0 Å². The Morgan fingerprint density at radius 1 is 1.21 bits per heavy atom. The number of anilines is 1. The molecular formula is C27H39BrN2O3. The van der Waals surface area contributed by atoms with Crippen molar-refractivity contribution < 1.29 is 14.6 Å².